The van der Waals surface area contributed by atoms with Gasteiger partial charge in [0.25, 0.3) is 0 Å². The first-order valence-corrected chi connectivity index (χ1v) is 9.48. The van der Waals surface area contributed by atoms with Gasteiger partial charge in [0, 0.05) is 33.4 Å². The molecule has 0 bridgehead atoms. The molecule has 20 heavy (non-hydrogen) atoms. The van der Waals surface area contributed by atoms with Gasteiger partial charge in [0.15, 0.2) is 0 Å². The number of halogens is 1. The second kappa shape index (κ2) is 14.3. The van der Waals surface area contributed by atoms with E-state index in [9.17, 15) is 0 Å². The summed E-state index contributed by atoms with van der Waals surface area (Å²) in [5.74, 6) is 0. The van der Waals surface area contributed by atoms with Crippen molar-refractivity contribution in [3.8, 4) is 0 Å². The van der Waals surface area contributed by atoms with Crippen LogP contribution < -0.4 is 5.73 Å². The molecule has 0 aromatic carbocycles. The molecule has 6 heteroatoms. The number of hydrogen-bond acceptors (Lipinski definition) is 4. The average molecular weight is 328 g/mol. The van der Waals surface area contributed by atoms with Gasteiger partial charge in [-0.05, 0) is 19.3 Å². The van der Waals surface area contributed by atoms with E-state index in [4.69, 9.17) is 19.0 Å². The lowest BCUT2D eigenvalue weighted by molar-refractivity contribution is 0.122. The first-order chi connectivity index (χ1) is 9.14. The molecular weight excluding hydrogens is 294 g/mol. The molecule has 0 spiro atoms. The topological polar surface area (TPSA) is 53.7 Å². The highest BCUT2D eigenvalue weighted by Gasteiger charge is 2.36. The molecule has 2 N–H and O–H groups in total. The predicted molar refractivity (Wildman–Crippen MR) is 89.4 cm³/mol. The number of hydrogen-bond donors (Lipinski definition) is 1. The highest BCUT2D eigenvalue weighted by Crippen LogP contribution is 2.18. The smallest absolute Gasteiger partial charge is 0.377 e. The molecule has 0 aliphatic heterocycles. The van der Waals surface area contributed by atoms with Crippen molar-refractivity contribution >= 4 is 21.2 Å². The Hall–Kier alpha value is 0.347. The van der Waals surface area contributed by atoms with Crippen molar-refractivity contribution in [2.24, 2.45) is 5.73 Å². The summed E-state index contributed by atoms with van der Waals surface area (Å²) in [4.78, 5) is 0. The van der Waals surface area contributed by atoms with E-state index < -0.39 is 8.80 Å². The van der Waals surface area contributed by atoms with Crippen LogP contribution in [0.2, 0.25) is 6.04 Å². The molecule has 0 fully saturated rings. The van der Waals surface area contributed by atoms with Crippen LogP contribution in [0.25, 0.3) is 0 Å². The van der Waals surface area contributed by atoms with Gasteiger partial charge in [0.1, 0.15) is 0 Å². The third-order valence-electron chi connectivity index (χ3n) is 3.67. The second-order valence-corrected chi connectivity index (χ2v) is 8.24. The maximum atomic E-state index is 6.14. The number of rotatable bonds is 13. The Morgan fingerprint density at radius 1 is 0.850 bits per heavy atom. The molecule has 4 nitrogen and oxygen atoms in total. The van der Waals surface area contributed by atoms with Gasteiger partial charge in [0.05, 0.1) is 0 Å². The minimum absolute atomic E-state index is 0. The largest absolute Gasteiger partial charge is 0.500 e. The van der Waals surface area contributed by atoms with Gasteiger partial charge in [-0.3, -0.25) is 0 Å². The molecule has 0 rings (SSSR count). The van der Waals surface area contributed by atoms with Crippen LogP contribution in [0.1, 0.15) is 58.3 Å². The molecule has 0 amide bonds. The first-order valence-electron chi connectivity index (χ1n) is 7.55. The van der Waals surface area contributed by atoms with E-state index in [0.29, 0.717) is 6.04 Å². The van der Waals surface area contributed by atoms with Crippen LogP contribution in [-0.2, 0) is 13.3 Å². The Morgan fingerprint density at radius 3 is 1.85 bits per heavy atom. The van der Waals surface area contributed by atoms with Crippen molar-refractivity contribution in [3.63, 3.8) is 0 Å². The zero-order chi connectivity index (χ0) is 14.6. The molecule has 1 unspecified atom stereocenters. The first kappa shape index (κ1) is 22.6. The van der Waals surface area contributed by atoms with Gasteiger partial charge in [-0.15, -0.1) is 12.4 Å². The van der Waals surface area contributed by atoms with Gasteiger partial charge in [-0.25, -0.2) is 0 Å². The predicted octanol–water partition coefficient (Wildman–Crippen LogP) is 3.75. The Labute approximate surface area is 132 Å². The van der Waals surface area contributed by atoms with E-state index in [1.165, 1.54) is 32.1 Å². The third-order valence-corrected chi connectivity index (χ3v) is 6.50. The van der Waals surface area contributed by atoms with Gasteiger partial charge in [-0.1, -0.05) is 39.0 Å². The Kier molecular flexibility index (Phi) is 16.2. The lowest BCUT2D eigenvalue weighted by Crippen LogP contribution is -2.42. The monoisotopic (exact) mass is 327 g/mol. The summed E-state index contributed by atoms with van der Waals surface area (Å²) in [5, 5.41) is 0. The van der Waals surface area contributed by atoms with E-state index >= 15 is 0 Å². The average Bonchev–Trinajstić information content (AvgIpc) is 2.44. The minimum atomic E-state index is -2.39. The molecule has 0 radical (unpaired) electrons. The minimum Gasteiger partial charge on any atom is -0.377 e. The normalized spacial score (nSPS) is 13.1. The fourth-order valence-corrected chi connectivity index (χ4v) is 4.04. The van der Waals surface area contributed by atoms with Crippen LogP contribution in [0.5, 0.6) is 0 Å². The van der Waals surface area contributed by atoms with Crippen molar-refractivity contribution in [1.29, 1.82) is 0 Å². The molecule has 0 saturated carbocycles. The van der Waals surface area contributed by atoms with E-state index in [1.54, 1.807) is 21.3 Å². The van der Waals surface area contributed by atoms with Gasteiger partial charge in [-0.2, -0.15) is 0 Å². The van der Waals surface area contributed by atoms with Gasteiger partial charge >= 0.3 is 8.80 Å². The van der Waals surface area contributed by atoms with Crippen LogP contribution in [-0.4, -0.2) is 36.2 Å². The zero-order valence-corrected chi connectivity index (χ0v) is 15.5. The summed E-state index contributed by atoms with van der Waals surface area (Å²) in [7, 11) is 2.59. The van der Waals surface area contributed by atoms with E-state index in [1.807, 2.05) is 0 Å². The molecule has 1 atom stereocenters. The summed E-state index contributed by atoms with van der Waals surface area (Å²) in [6.45, 7) is 2.24. The van der Waals surface area contributed by atoms with Gasteiger partial charge < -0.3 is 19.0 Å². The molecule has 0 saturated heterocycles. The Bertz CT molecular complexity index is 199. The van der Waals surface area contributed by atoms with Crippen LogP contribution in [0.4, 0.5) is 0 Å². The summed E-state index contributed by atoms with van der Waals surface area (Å²) >= 11 is 0. The lowest BCUT2D eigenvalue weighted by atomic mass is 10.0. The van der Waals surface area contributed by atoms with E-state index in [2.05, 4.69) is 6.92 Å². The number of nitrogens with two attached hydrogens (primary N) is 1. The van der Waals surface area contributed by atoms with Crippen molar-refractivity contribution in [1.82, 2.24) is 0 Å². The Morgan fingerprint density at radius 2 is 1.35 bits per heavy atom. The lowest BCUT2D eigenvalue weighted by Gasteiger charge is -2.24. The maximum Gasteiger partial charge on any atom is 0.500 e. The summed E-state index contributed by atoms with van der Waals surface area (Å²) in [6, 6.07) is 1.15. The molecule has 0 aliphatic carbocycles. The molecular formula is C14H34ClNO3Si. The van der Waals surface area contributed by atoms with Crippen molar-refractivity contribution in [2.75, 3.05) is 21.3 Å². The fraction of sp³-hybridized carbons (Fsp3) is 1.00. The van der Waals surface area contributed by atoms with Crippen LogP contribution >= 0.6 is 12.4 Å². The number of unbranched alkanes of at least 4 members (excludes halogenated alkanes) is 4. The van der Waals surface area contributed by atoms with Crippen molar-refractivity contribution < 1.29 is 13.3 Å². The van der Waals surface area contributed by atoms with Crippen LogP contribution in [0, 0.1) is 0 Å². The fourth-order valence-electron chi connectivity index (χ4n) is 2.29. The van der Waals surface area contributed by atoms with Gasteiger partial charge in [0.2, 0.25) is 0 Å². The second-order valence-electron chi connectivity index (χ2n) is 5.15. The molecule has 0 aliphatic rings. The van der Waals surface area contributed by atoms with E-state index in [0.717, 1.165) is 25.3 Å². The Balaban J connectivity index is 0. The van der Waals surface area contributed by atoms with Crippen molar-refractivity contribution in [2.45, 2.75) is 70.4 Å². The van der Waals surface area contributed by atoms with Crippen molar-refractivity contribution in [3.05, 3.63) is 0 Å². The summed E-state index contributed by atoms with van der Waals surface area (Å²) < 4.78 is 16.2. The zero-order valence-electron chi connectivity index (χ0n) is 13.7. The standard InChI is InChI=1S/C14H33NO3Si.ClH/c1-5-6-7-8-9-11-14(15)12-10-13-19(16-2,17-3)18-4;/h14H,5-13,15H2,1-4H3;1H. The molecule has 0 aromatic rings. The van der Waals surface area contributed by atoms with Crippen LogP contribution in [0.15, 0.2) is 0 Å². The summed E-state index contributed by atoms with van der Waals surface area (Å²) in [5.41, 5.74) is 6.14. The molecule has 0 aromatic heterocycles. The summed E-state index contributed by atoms with van der Waals surface area (Å²) in [6.07, 6.45) is 9.72. The highest BCUT2D eigenvalue weighted by atomic mass is 35.5. The SMILES string of the molecule is CCCCCCCC(N)CCC[Si](OC)(OC)OC.Cl. The quantitative estimate of drug-likeness (QED) is 0.413. The van der Waals surface area contributed by atoms with Crippen LogP contribution in [0.3, 0.4) is 0 Å². The molecule has 0 heterocycles. The molecule has 124 valence electrons. The third kappa shape index (κ3) is 10.1. The maximum absolute atomic E-state index is 6.14. The van der Waals surface area contributed by atoms with E-state index in [-0.39, 0.29) is 12.4 Å². The highest BCUT2D eigenvalue weighted by molar-refractivity contribution is 6.60.